The minimum atomic E-state index is 0.278. The van der Waals surface area contributed by atoms with E-state index in [9.17, 15) is 4.79 Å². The highest BCUT2D eigenvalue weighted by molar-refractivity contribution is 5.80. The summed E-state index contributed by atoms with van der Waals surface area (Å²) >= 11 is 0. The van der Waals surface area contributed by atoms with Gasteiger partial charge in [0.2, 0.25) is 5.91 Å². The van der Waals surface area contributed by atoms with E-state index in [1.165, 1.54) is 19.4 Å². The Morgan fingerprint density at radius 3 is 2.77 bits per heavy atom. The molecule has 74 valence electrons. The monoisotopic (exact) mass is 182 g/mol. The lowest BCUT2D eigenvalue weighted by Crippen LogP contribution is -2.38. The summed E-state index contributed by atoms with van der Waals surface area (Å²) in [7, 11) is 2.14. The van der Waals surface area contributed by atoms with E-state index < -0.39 is 0 Å². The van der Waals surface area contributed by atoms with Crippen molar-refractivity contribution in [2.45, 2.75) is 31.7 Å². The molecule has 1 heterocycles. The van der Waals surface area contributed by atoms with Crippen LogP contribution >= 0.6 is 0 Å². The molecule has 2 fully saturated rings. The maximum atomic E-state index is 11.3. The van der Waals surface area contributed by atoms with Crippen LogP contribution in [0.4, 0.5) is 0 Å². The third-order valence-electron chi connectivity index (χ3n) is 3.13. The number of nitrogens with one attached hydrogen (secondary N) is 1. The summed E-state index contributed by atoms with van der Waals surface area (Å²) in [5, 5.41) is 3.04. The third kappa shape index (κ3) is 2.21. The quantitative estimate of drug-likeness (QED) is 0.693. The van der Waals surface area contributed by atoms with E-state index in [0.29, 0.717) is 12.0 Å². The zero-order valence-electron chi connectivity index (χ0n) is 8.25. The topological polar surface area (TPSA) is 32.3 Å². The number of carbonyl (C=O) groups is 1. The number of hydrogen-bond acceptors (Lipinski definition) is 2. The van der Waals surface area contributed by atoms with E-state index in [1.807, 2.05) is 0 Å². The summed E-state index contributed by atoms with van der Waals surface area (Å²) < 4.78 is 0. The largest absolute Gasteiger partial charge is 0.354 e. The summed E-state index contributed by atoms with van der Waals surface area (Å²) in [6.45, 7) is 2.04. The molecule has 1 aliphatic heterocycles. The zero-order valence-corrected chi connectivity index (χ0v) is 8.25. The van der Waals surface area contributed by atoms with Gasteiger partial charge < -0.3 is 10.2 Å². The first-order valence-corrected chi connectivity index (χ1v) is 5.25. The average Bonchev–Trinajstić information content (AvgIpc) is 2.88. The van der Waals surface area contributed by atoms with E-state index >= 15 is 0 Å². The van der Waals surface area contributed by atoms with Gasteiger partial charge in [0, 0.05) is 18.5 Å². The average molecular weight is 182 g/mol. The van der Waals surface area contributed by atoms with E-state index in [-0.39, 0.29) is 5.91 Å². The molecular formula is C10H18N2O. The predicted molar refractivity (Wildman–Crippen MR) is 51.4 cm³/mol. The molecule has 2 aliphatic rings. The number of nitrogens with zero attached hydrogens (tertiary/aromatic N) is 1. The van der Waals surface area contributed by atoms with Crippen LogP contribution in [0.25, 0.3) is 0 Å². The number of carbonyl (C=O) groups excluding carboxylic acids is 1. The maximum absolute atomic E-state index is 11.3. The van der Waals surface area contributed by atoms with Gasteiger partial charge in [-0.15, -0.1) is 0 Å². The molecule has 1 saturated heterocycles. The van der Waals surface area contributed by atoms with Crippen molar-refractivity contribution < 1.29 is 4.79 Å². The summed E-state index contributed by atoms with van der Waals surface area (Å²) in [5.74, 6) is 0.631. The van der Waals surface area contributed by atoms with Crippen molar-refractivity contribution >= 4 is 5.91 Å². The van der Waals surface area contributed by atoms with Crippen molar-refractivity contribution in [1.29, 1.82) is 0 Å². The van der Waals surface area contributed by atoms with E-state index in [2.05, 4.69) is 17.3 Å². The normalized spacial score (nSPS) is 29.2. The summed E-state index contributed by atoms with van der Waals surface area (Å²) in [6, 6.07) is 0.586. The van der Waals surface area contributed by atoms with Crippen LogP contribution in [-0.2, 0) is 4.79 Å². The van der Waals surface area contributed by atoms with Crippen LogP contribution in [0, 0.1) is 5.92 Å². The molecule has 0 radical (unpaired) electrons. The fourth-order valence-electron chi connectivity index (χ4n) is 1.95. The molecule has 1 saturated carbocycles. The fourth-order valence-corrected chi connectivity index (χ4v) is 1.95. The molecule has 1 amide bonds. The molecule has 0 aromatic heterocycles. The van der Waals surface area contributed by atoms with E-state index in [4.69, 9.17) is 0 Å². The highest BCUT2D eigenvalue weighted by Gasteiger charge is 2.30. The molecule has 0 bridgehead atoms. The number of amides is 1. The van der Waals surface area contributed by atoms with Crippen molar-refractivity contribution in [1.82, 2.24) is 10.2 Å². The Kier molecular flexibility index (Phi) is 2.54. The zero-order chi connectivity index (χ0) is 9.26. The molecule has 0 aromatic carbocycles. The predicted octanol–water partition coefficient (Wildman–Crippen LogP) is 0.607. The first-order chi connectivity index (χ1) is 6.27. The molecule has 1 N–H and O–H groups in total. The number of hydrogen-bond donors (Lipinski definition) is 1. The Morgan fingerprint density at radius 2 is 2.23 bits per heavy atom. The highest BCUT2D eigenvalue weighted by Crippen LogP contribution is 2.28. The van der Waals surface area contributed by atoms with Gasteiger partial charge in [-0.05, 0) is 39.3 Å². The third-order valence-corrected chi connectivity index (χ3v) is 3.13. The van der Waals surface area contributed by atoms with Gasteiger partial charge in [0.15, 0.2) is 0 Å². The number of rotatable bonds is 3. The van der Waals surface area contributed by atoms with Crippen molar-refractivity contribution in [3.8, 4) is 0 Å². The molecule has 3 heteroatoms. The van der Waals surface area contributed by atoms with Gasteiger partial charge in [-0.1, -0.05) is 0 Å². The standard InChI is InChI=1S/C10H18N2O/c1-12-6-2-3-9(12)7-11-10(13)8-4-5-8/h8-9H,2-7H2,1H3,(H,11,13)/t9-/m0/s1. The van der Waals surface area contributed by atoms with Gasteiger partial charge in [-0.25, -0.2) is 0 Å². The molecule has 2 rings (SSSR count). The van der Waals surface area contributed by atoms with Crippen LogP contribution in [0.15, 0.2) is 0 Å². The Morgan fingerprint density at radius 1 is 1.46 bits per heavy atom. The summed E-state index contributed by atoms with van der Waals surface area (Å²) in [4.78, 5) is 13.7. The molecule has 13 heavy (non-hydrogen) atoms. The number of likely N-dealkylation sites (tertiary alicyclic amines) is 1. The summed E-state index contributed by atoms with van der Waals surface area (Å²) in [5.41, 5.74) is 0. The minimum Gasteiger partial charge on any atom is -0.354 e. The SMILES string of the molecule is CN1CCC[C@H]1CNC(=O)C1CC1. The Hall–Kier alpha value is -0.570. The van der Waals surface area contributed by atoms with E-state index in [1.54, 1.807) is 0 Å². The lowest BCUT2D eigenvalue weighted by Gasteiger charge is -2.19. The lowest BCUT2D eigenvalue weighted by atomic mass is 10.2. The molecule has 0 aromatic rings. The van der Waals surface area contributed by atoms with Crippen LogP contribution in [0.5, 0.6) is 0 Å². The van der Waals surface area contributed by atoms with Gasteiger partial charge in [-0.3, -0.25) is 4.79 Å². The fraction of sp³-hybridized carbons (Fsp3) is 0.900. The molecule has 3 nitrogen and oxygen atoms in total. The molecule has 0 spiro atoms. The Balaban J connectivity index is 1.68. The van der Waals surface area contributed by atoms with Gasteiger partial charge >= 0.3 is 0 Å². The van der Waals surface area contributed by atoms with Crippen molar-refractivity contribution in [3.05, 3.63) is 0 Å². The molecule has 1 aliphatic carbocycles. The van der Waals surface area contributed by atoms with Gasteiger partial charge in [-0.2, -0.15) is 0 Å². The molecular weight excluding hydrogens is 164 g/mol. The number of likely N-dealkylation sites (N-methyl/N-ethyl adjacent to an activating group) is 1. The van der Waals surface area contributed by atoms with Crippen molar-refractivity contribution in [2.24, 2.45) is 5.92 Å². The molecule has 0 unspecified atom stereocenters. The van der Waals surface area contributed by atoms with Crippen LogP contribution in [0.2, 0.25) is 0 Å². The second kappa shape index (κ2) is 3.66. The van der Waals surface area contributed by atoms with E-state index in [0.717, 1.165) is 19.4 Å². The Bertz CT molecular complexity index is 201. The summed E-state index contributed by atoms with van der Waals surface area (Å²) in [6.07, 6.45) is 4.72. The van der Waals surface area contributed by atoms with Crippen molar-refractivity contribution in [2.75, 3.05) is 20.1 Å². The highest BCUT2D eigenvalue weighted by atomic mass is 16.2. The maximum Gasteiger partial charge on any atom is 0.223 e. The smallest absolute Gasteiger partial charge is 0.223 e. The second-order valence-electron chi connectivity index (χ2n) is 4.30. The van der Waals surface area contributed by atoms with Gasteiger partial charge in [0.05, 0.1) is 0 Å². The van der Waals surface area contributed by atoms with Crippen LogP contribution in [-0.4, -0.2) is 37.0 Å². The second-order valence-corrected chi connectivity index (χ2v) is 4.30. The van der Waals surface area contributed by atoms with Crippen LogP contribution < -0.4 is 5.32 Å². The Labute approximate surface area is 79.5 Å². The van der Waals surface area contributed by atoms with Gasteiger partial charge in [0.25, 0.3) is 0 Å². The first kappa shape index (κ1) is 9.00. The van der Waals surface area contributed by atoms with Crippen LogP contribution in [0.3, 0.4) is 0 Å². The van der Waals surface area contributed by atoms with Crippen molar-refractivity contribution in [3.63, 3.8) is 0 Å². The van der Waals surface area contributed by atoms with Gasteiger partial charge in [0.1, 0.15) is 0 Å². The van der Waals surface area contributed by atoms with Crippen LogP contribution in [0.1, 0.15) is 25.7 Å². The lowest BCUT2D eigenvalue weighted by molar-refractivity contribution is -0.122. The molecule has 1 atom stereocenters. The minimum absolute atomic E-state index is 0.278. The first-order valence-electron chi connectivity index (χ1n) is 5.25.